The van der Waals surface area contributed by atoms with Crippen LogP contribution in [0.1, 0.15) is 10.6 Å². The summed E-state index contributed by atoms with van der Waals surface area (Å²) in [4.78, 5) is 17.1. The summed E-state index contributed by atoms with van der Waals surface area (Å²) in [5.41, 5.74) is 1.63. The zero-order valence-corrected chi connectivity index (χ0v) is 11.8. The third-order valence-corrected chi connectivity index (χ3v) is 3.59. The van der Waals surface area contributed by atoms with E-state index in [9.17, 15) is 4.79 Å². The highest BCUT2D eigenvalue weighted by Gasteiger charge is 2.07. The number of hydrogen-bond donors (Lipinski definition) is 2. The molecule has 19 heavy (non-hydrogen) atoms. The summed E-state index contributed by atoms with van der Waals surface area (Å²) in [6, 6.07) is 6.81. The molecule has 2 aromatic rings. The summed E-state index contributed by atoms with van der Waals surface area (Å²) in [5.74, 6) is 0.747. The highest BCUT2D eigenvalue weighted by Crippen LogP contribution is 2.21. The lowest BCUT2D eigenvalue weighted by atomic mass is 10.3. The fraction of sp³-hybridized carbons (Fsp3) is 0.231. The van der Waals surface area contributed by atoms with E-state index >= 15 is 0 Å². The molecule has 1 heterocycles. The van der Waals surface area contributed by atoms with E-state index in [0.29, 0.717) is 10.8 Å². The fourth-order valence-electron chi connectivity index (χ4n) is 1.46. The van der Waals surface area contributed by atoms with Gasteiger partial charge in [-0.05, 0) is 38.1 Å². The number of thiazole rings is 1. The number of nitrogens with zero attached hydrogens (tertiary/aromatic N) is 1. The zero-order valence-electron chi connectivity index (χ0n) is 11.0. The van der Waals surface area contributed by atoms with Crippen molar-refractivity contribution < 1.29 is 9.53 Å². The number of carbonyl (C=O) groups excluding carboxylic acids is 1. The summed E-state index contributed by atoms with van der Waals surface area (Å²) >= 11 is 1.46. The third kappa shape index (κ3) is 3.45. The second kappa shape index (κ2) is 5.71. The summed E-state index contributed by atoms with van der Waals surface area (Å²) < 4.78 is 5.05. The number of hydrogen-bond acceptors (Lipinski definition) is 4. The predicted octanol–water partition coefficient (Wildman–Crippen LogP) is 3.41. The maximum Gasteiger partial charge on any atom is 0.325 e. The number of aryl methyl sites for hydroxylation is 2. The van der Waals surface area contributed by atoms with Gasteiger partial charge in [-0.1, -0.05) is 0 Å². The van der Waals surface area contributed by atoms with Crippen molar-refractivity contribution in [3.63, 3.8) is 0 Å². The molecule has 6 heteroatoms. The first-order valence-electron chi connectivity index (χ1n) is 5.74. The normalized spacial score (nSPS) is 10.1. The highest BCUT2D eigenvalue weighted by atomic mass is 32.1. The molecule has 0 bridgehead atoms. The van der Waals surface area contributed by atoms with Crippen molar-refractivity contribution in [2.24, 2.45) is 0 Å². The first-order valence-corrected chi connectivity index (χ1v) is 6.56. The third-order valence-electron chi connectivity index (χ3n) is 2.60. The lowest BCUT2D eigenvalue weighted by Gasteiger charge is -2.06. The van der Waals surface area contributed by atoms with E-state index in [-0.39, 0.29) is 6.03 Å². The van der Waals surface area contributed by atoms with Gasteiger partial charge in [0.1, 0.15) is 5.75 Å². The lowest BCUT2D eigenvalue weighted by molar-refractivity contribution is 0.262. The van der Waals surface area contributed by atoms with Crippen LogP contribution in [0.25, 0.3) is 0 Å². The Morgan fingerprint density at radius 2 is 1.89 bits per heavy atom. The maximum absolute atomic E-state index is 11.8. The Morgan fingerprint density at radius 1 is 1.21 bits per heavy atom. The number of carbonyl (C=O) groups is 1. The average Bonchev–Trinajstić information content (AvgIpc) is 2.69. The molecular weight excluding hydrogens is 262 g/mol. The minimum atomic E-state index is -0.307. The van der Waals surface area contributed by atoms with Crippen molar-refractivity contribution in [3.05, 3.63) is 34.8 Å². The number of nitrogens with one attached hydrogen (secondary N) is 2. The molecule has 0 aliphatic rings. The molecule has 0 spiro atoms. The number of amides is 2. The van der Waals surface area contributed by atoms with Gasteiger partial charge >= 0.3 is 6.03 Å². The van der Waals surface area contributed by atoms with Crippen LogP contribution in [0.2, 0.25) is 0 Å². The summed E-state index contributed by atoms with van der Waals surface area (Å²) in [7, 11) is 1.60. The number of ether oxygens (including phenoxy) is 1. The second-order valence-electron chi connectivity index (χ2n) is 3.97. The molecule has 2 amide bonds. The van der Waals surface area contributed by atoms with Crippen LogP contribution in [0.5, 0.6) is 5.75 Å². The van der Waals surface area contributed by atoms with Crippen LogP contribution in [0.15, 0.2) is 24.3 Å². The summed E-state index contributed by atoms with van der Waals surface area (Å²) in [5, 5.41) is 6.04. The molecule has 0 aliphatic heterocycles. The second-order valence-corrected chi connectivity index (χ2v) is 5.17. The van der Waals surface area contributed by atoms with Crippen molar-refractivity contribution in [1.82, 2.24) is 4.98 Å². The standard InChI is InChI=1S/C13H15N3O2S/c1-8-9(2)19-13(14-8)16-12(17)15-10-4-6-11(18-3)7-5-10/h4-7H,1-3H3,(H2,14,15,16,17). The molecule has 0 radical (unpaired) electrons. The van der Waals surface area contributed by atoms with Crippen LogP contribution in [-0.2, 0) is 0 Å². The topological polar surface area (TPSA) is 63.2 Å². The van der Waals surface area contributed by atoms with Gasteiger partial charge in [-0.2, -0.15) is 0 Å². The number of urea groups is 1. The van der Waals surface area contributed by atoms with Crippen LogP contribution < -0.4 is 15.4 Å². The van der Waals surface area contributed by atoms with Crippen molar-refractivity contribution in [2.75, 3.05) is 17.7 Å². The monoisotopic (exact) mass is 277 g/mol. The van der Waals surface area contributed by atoms with Gasteiger partial charge in [0.05, 0.1) is 12.8 Å². The molecule has 1 aromatic heterocycles. The van der Waals surface area contributed by atoms with E-state index in [1.54, 1.807) is 31.4 Å². The van der Waals surface area contributed by atoms with Crippen LogP contribution in [-0.4, -0.2) is 18.1 Å². The van der Waals surface area contributed by atoms with Crippen molar-refractivity contribution in [1.29, 1.82) is 0 Å². The molecule has 100 valence electrons. The molecule has 5 nitrogen and oxygen atoms in total. The Labute approximate surface area is 115 Å². The highest BCUT2D eigenvalue weighted by molar-refractivity contribution is 7.15. The Kier molecular flexibility index (Phi) is 4.01. The number of benzene rings is 1. The van der Waals surface area contributed by atoms with Gasteiger partial charge in [0.2, 0.25) is 0 Å². The number of anilines is 2. The van der Waals surface area contributed by atoms with Crippen molar-refractivity contribution in [2.45, 2.75) is 13.8 Å². The Morgan fingerprint density at radius 3 is 2.42 bits per heavy atom. The van der Waals surface area contributed by atoms with E-state index in [4.69, 9.17) is 4.74 Å². The van der Waals surface area contributed by atoms with E-state index in [1.807, 2.05) is 13.8 Å². The number of rotatable bonds is 3. The Bertz CT molecular complexity index is 559. The van der Waals surface area contributed by atoms with Gasteiger partial charge in [-0.25, -0.2) is 9.78 Å². The van der Waals surface area contributed by atoms with Crippen molar-refractivity contribution in [3.8, 4) is 5.75 Å². The number of methoxy groups -OCH3 is 1. The van der Waals surface area contributed by atoms with Crippen LogP contribution in [0, 0.1) is 13.8 Å². The molecule has 0 unspecified atom stereocenters. The minimum Gasteiger partial charge on any atom is -0.497 e. The minimum absolute atomic E-state index is 0.307. The van der Waals surface area contributed by atoms with Gasteiger partial charge in [0, 0.05) is 10.6 Å². The van der Waals surface area contributed by atoms with E-state index in [1.165, 1.54) is 11.3 Å². The van der Waals surface area contributed by atoms with E-state index in [2.05, 4.69) is 15.6 Å². The average molecular weight is 277 g/mol. The van der Waals surface area contributed by atoms with Gasteiger partial charge < -0.3 is 10.1 Å². The molecule has 0 atom stereocenters. The summed E-state index contributed by atoms with van der Waals surface area (Å²) in [6.45, 7) is 3.89. The Hall–Kier alpha value is -2.08. The van der Waals surface area contributed by atoms with Crippen molar-refractivity contribution >= 4 is 28.2 Å². The molecule has 1 aromatic carbocycles. The maximum atomic E-state index is 11.8. The summed E-state index contributed by atoms with van der Waals surface area (Å²) in [6.07, 6.45) is 0. The molecular formula is C13H15N3O2S. The number of aromatic nitrogens is 1. The lowest BCUT2D eigenvalue weighted by Crippen LogP contribution is -2.19. The van der Waals surface area contributed by atoms with Crippen LogP contribution in [0.3, 0.4) is 0 Å². The predicted molar refractivity (Wildman–Crippen MR) is 77.2 cm³/mol. The SMILES string of the molecule is COc1ccc(NC(=O)Nc2nc(C)c(C)s2)cc1. The van der Waals surface area contributed by atoms with Gasteiger partial charge in [0.25, 0.3) is 0 Å². The van der Waals surface area contributed by atoms with Crippen LogP contribution in [0.4, 0.5) is 15.6 Å². The largest absolute Gasteiger partial charge is 0.497 e. The molecule has 0 saturated carbocycles. The first-order chi connectivity index (χ1) is 9.08. The Balaban J connectivity index is 1.96. The van der Waals surface area contributed by atoms with Gasteiger partial charge in [0.15, 0.2) is 5.13 Å². The fourth-order valence-corrected chi connectivity index (χ4v) is 2.27. The molecule has 0 aliphatic carbocycles. The zero-order chi connectivity index (χ0) is 13.8. The van der Waals surface area contributed by atoms with Gasteiger partial charge in [-0.3, -0.25) is 5.32 Å². The molecule has 2 N–H and O–H groups in total. The van der Waals surface area contributed by atoms with E-state index in [0.717, 1.165) is 16.3 Å². The quantitative estimate of drug-likeness (QED) is 0.903. The smallest absolute Gasteiger partial charge is 0.325 e. The van der Waals surface area contributed by atoms with Crippen LogP contribution >= 0.6 is 11.3 Å². The molecule has 0 fully saturated rings. The molecule has 0 saturated heterocycles. The first kappa shape index (κ1) is 13.4. The van der Waals surface area contributed by atoms with E-state index < -0.39 is 0 Å². The molecule has 2 rings (SSSR count). The van der Waals surface area contributed by atoms with Gasteiger partial charge in [-0.15, -0.1) is 11.3 Å².